The summed E-state index contributed by atoms with van der Waals surface area (Å²) in [6.45, 7) is 2.81. The number of pyridine rings is 1. The predicted octanol–water partition coefficient (Wildman–Crippen LogP) is 4.24. The van der Waals surface area contributed by atoms with Crippen molar-refractivity contribution in [3.8, 4) is 0 Å². The Morgan fingerprint density at radius 1 is 1.17 bits per heavy atom. The van der Waals surface area contributed by atoms with Crippen LogP contribution in [0.1, 0.15) is 24.2 Å². The van der Waals surface area contributed by atoms with Crippen LogP contribution in [0.15, 0.2) is 42.6 Å². The number of rotatable bonds is 4. The number of nitrogens with one attached hydrogen (secondary N) is 1. The molecule has 0 aliphatic heterocycles. The van der Waals surface area contributed by atoms with Crippen molar-refractivity contribution >= 4 is 23.2 Å². The Hall–Kier alpha value is -1.09. The van der Waals surface area contributed by atoms with Gasteiger partial charge in [0.15, 0.2) is 0 Å². The summed E-state index contributed by atoms with van der Waals surface area (Å²) in [6.07, 6.45) is 1.80. The Bertz CT molecular complexity index is 514. The molecule has 1 unspecified atom stereocenters. The van der Waals surface area contributed by atoms with Gasteiger partial charge in [-0.3, -0.25) is 4.98 Å². The fraction of sp³-hybridized carbons (Fsp3) is 0.214. The molecule has 0 saturated carbocycles. The Morgan fingerprint density at radius 2 is 2.00 bits per heavy atom. The summed E-state index contributed by atoms with van der Waals surface area (Å²) in [6, 6.07) is 11.8. The first kappa shape index (κ1) is 13.3. The highest BCUT2D eigenvalue weighted by Gasteiger charge is 2.06. The summed E-state index contributed by atoms with van der Waals surface area (Å²) < 4.78 is 0. The van der Waals surface area contributed by atoms with Crippen molar-refractivity contribution in [1.82, 2.24) is 10.3 Å². The molecule has 1 aromatic heterocycles. The molecule has 0 amide bonds. The third kappa shape index (κ3) is 3.45. The lowest BCUT2D eigenvalue weighted by molar-refractivity contribution is 0.561. The summed E-state index contributed by atoms with van der Waals surface area (Å²) in [5.41, 5.74) is 2.13. The fourth-order valence-electron chi connectivity index (χ4n) is 1.66. The molecule has 0 fully saturated rings. The molecular formula is C14H14Cl2N2. The molecule has 0 saturated heterocycles. The first-order chi connectivity index (χ1) is 8.66. The quantitative estimate of drug-likeness (QED) is 0.906. The maximum atomic E-state index is 5.97. The van der Waals surface area contributed by atoms with Crippen LogP contribution in [0.4, 0.5) is 0 Å². The van der Waals surface area contributed by atoms with E-state index in [1.165, 1.54) is 0 Å². The Kier molecular flexibility index (Phi) is 4.59. The van der Waals surface area contributed by atoms with Gasteiger partial charge in [-0.1, -0.05) is 35.3 Å². The summed E-state index contributed by atoms with van der Waals surface area (Å²) in [5, 5.41) is 4.56. The fourth-order valence-corrected chi connectivity index (χ4v) is 1.98. The van der Waals surface area contributed by atoms with E-state index in [0.29, 0.717) is 10.0 Å². The van der Waals surface area contributed by atoms with Crippen LogP contribution >= 0.6 is 23.2 Å². The molecule has 2 nitrogen and oxygen atoms in total. The van der Waals surface area contributed by atoms with Crippen LogP contribution in [0.3, 0.4) is 0 Å². The molecule has 18 heavy (non-hydrogen) atoms. The largest absolute Gasteiger partial charge is 0.305 e. The molecule has 2 aromatic rings. The lowest BCUT2D eigenvalue weighted by atomic mass is 10.2. The number of halogens is 2. The van der Waals surface area contributed by atoms with Gasteiger partial charge in [-0.2, -0.15) is 0 Å². The maximum absolute atomic E-state index is 5.97. The van der Waals surface area contributed by atoms with Gasteiger partial charge in [0.1, 0.15) is 0 Å². The van der Waals surface area contributed by atoms with E-state index in [-0.39, 0.29) is 6.04 Å². The van der Waals surface area contributed by atoms with E-state index in [1.54, 1.807) is 6.20 Å². The molecule has 1 heterocycles. The topological polar surface area (TPSA) is 24.9 Å². The smallest absolute Gasteiger partial charge is 0.0595 e. The third-order valence-electron chi connectivity index (χ3n) is 2.73. The normalized spacial score (nSPS) is 12.4. The zero-order valence-electron chi connectivity index (χ0n) is 10.0. The molecule has 0 aliphatic rings. The summed E-state index contributed by atoms with van der Waals surface area (Å²) in [7, 11) is 0. The second-order valence-corrected chi connectivity index (χ2v) is 4.92. The summed E-state index contributed by atoms with van der Waals surface area (Å²) >= 11 is 11.9. The molecule has 1 atom stereocenters. The summed E-state index contributed by atoms with van der Waals surface area (Å²) in [4.78, 5) is 4.31. The third-order valence-corrected chi connectivity index (χ3v) is 3.47. The van der Waals surface area contributed by atoms with Crippen LogP contribution in [0.25, 0.3) is 0 Å². The first-order valence-corrected chi connectivity index (χ1v) is 6.50. The monoisotopic (exact) mass is 280 g/mol. The van der Waals surface area contributed by atoms with Gasteiger partial charge < -0.3 is 5.32 Å². The van der Waals surface area contributed by atoms with Crippen molar-refractivity contribution in [3.05, 3.63) is 63.9 Å². The van der Waals surface area contributed by atoms with E-state index < -0.39 is 0 Å². The Labute approximate surface area is 117 Å². The van der Waals surface area contributed by atoms with Crippen LogP contribution in [0.2, 0.25) is 10.0 Å². The number of aromatic nitrogens is 1. The molecule has 94 valence electrons. The molecule has 0 bridgehead atoms. The van der Waals surface area contributed by atoms with Gasteiger partial charge in [0.2, 0.25) is 0 Å². The average Bonchev–Trinajstić information content (AvgIpc) is 2.41. The highest BCUT2D eigenvalue weighted by atomic mass is 35.5. The van der Waals surface area contributed by atoms with E-state index >= 15 is 0 Å². The van der Waals surface area contributed by atoms with E-state index in [2.05, 4.69) is 17.2 Å². The van der Waals surface area contributed by atoms with Crippen molar-refractivity contribution in [3.63, 3.8) is 0 Å². The van der Waals surface area contributed by atoms with Crippen molar-refractivity contribution in [2.75, 3.05) is 0 Å². The molecule has 4 heteroatoms. The first-order valence-electron chi connectivity index (χ1n) is 5.75. The second-order valence-electron chi connectivity index (χ2n) is 4.11. The zero-order valence-corrected chi connectivity index (χ0v) is 11.5. The van der Waals surface area contributed by atoms with Crippen molar-refractivity contribution in [2.24, 2.45) is 0 Å². The number of nitrogens with zero attached hydrogens (tertiary/aromatic N) is 1. The van der Waals surface area contributed by atoms with Crippen LogP contribution in [0, 0.1) is 0 Å². The minimum atomic E-state index is 0.195. The minimum absolute atomic E-state index is 0.195. The van der Waals surface area contributed by atoms with E-state index in [0.717, 1.165) is 17.8 Å². The standard InChI is InChI=1S/C14H14Cl2N2/c1-10(14-4-2-3-7-17-14)18-9-11-5-6-12(15)13(16)8-11/h2-8,10,18H,9H2,1H3. The Morgan fingerprint density at radius 3 is 2.67 bits per heavy atom. The molecule has 2 rings (SSSR count). The number of hydrogen-bond donors (Lipinski definition) is 1. The van der Waals surface area contributed by atoms with Crippen molar-refractivity contribution in [2.45, 2.75) is 19.5 Å². The lowest BCUT2D eigenvalue weighted by Gasteiger charge is -2.13. The van der Waals surface area contributed by atoms with Crippen LogP contribution in [0.5, 0.6) is 0 Å². The second kappa shape index (κ2) is 6.19. The van der Waals surface area contributed by atoms with E-state index in [1.807, 2.05) is 36.4 Å². The minimum Gasteiger partial charge on any atom is -0.305 e. The number of hydrogen-bond acceptors (Lipinski definition) is 2. The molecule has 1 aromatic carbocycles. The molecule has 1 N–H and O–H groups in total. The van der Waals surface area contributed by atoms with Crippen LogP contribution in [-0.4, -0.2) is 4.98 Å². The predicted molar refractivity (Wildman–Crippen MR) is 76.0 cm³/mol. The highest BCUT2D eigenvalue weighted by molar-refractivity contribution is 6.42. The van der Waals surface area contributed by atoms with Crippen molar-refractivity contribution < 1.29 is 0 Å². The Balaban J connectivity index is 1.97. The van der Waals surface area contributed by atoms with E-state index in [9.17, 15) is 0 Å². The molecular weight excluding hydrogens is 267 g/mol. The average molecular weight is 281 g/mol. The molecule has 0 aliphatic carbocycles. The van der Waals surface area contributed by atoms with Crippen LogP contribution in [-0.2, 0) is 6.54 Å². The zero-order chi connectivity index (χ0) is 13.0. The van der Waals surface area contributed by atoms with Gasteiger partial charge in [-0.15, -0.1) is 0 Å². The lowest BCUT2D eigenvalue weighted by Crippen LogP contribution is -2.18. The van der Waals surface area contributed by atoms with Crippen molar-refractivity contribution in [1.29, 1.82) is 0 Å². The van der Waals surface area contributed by atoms with E-state index in [4.69, 9.17) is 23.2 Å². The maximum Gasteiger partial charge on any atom is 0.0595 e. The molecule has 0 spiro atoms. The van der Waals surface area contributed by atoms with Gasteiger partial charge in [0, 0.05) is 18.8 Å². The van der Waals surface area contributed by atoms with Gasteiger partial charge in [-0.25, -0.2) is 0 Å². The van der Waals surface area contributed by atoms with Gasteiger partial charge in [0.05, 0.1) is 15.7 Å². The van der Waals surface area contributed by atoms with Crippen LogP contribution < -0.4 is 5.32 Å². The number of benzene rings is 1. The van der Waals surface area contributed by atoms with Gasteiger partial charge >= 0.3 is 0 Å². The van der Waals surface area contributed by atoms with Gasteiger partial charge in [0.25, 0.3) is 0 Å². The molecule has 0 radical (unpaired) electrons. The summed E-state index contributed by atoms with van der Waals surface area (Å²) in [5.74, 6) is 0. The SMILES string of the molecule is CC(NCc1ccc(Cl)c(Cl)c1)c1ccccn1. The highest BCUT2D eigenvalue weighted by Crippen LogP contribution is 2.22. The van der Waals surface area contributed by atoms with Gasteiger partial charge in [-0.05, 0) is 36.8 Å².